The number of aryl methyl sites for hydroxylation is 1. The van der Waals surface area contributed by atoms with Gasteiger partial charge in [0.25, 0.3) is 5.56 Å². The molecule has 9 heteroatoms. The Kier molecular flexibility index (Phi) is 4.19. The van der Waals surface area contributed by atoms with E-state index in [9.17, 15) is 18.0 Å². The molecular formula is C12H7Cl2F3N2OS. The maximum Gasteiger partial charge on any atom is 0.416 e. The van der Waals surface area contributed by atoms with E-state index in [0.29, 0.717) is 17.8 Å². The number of alkyl halides is 3. The van der Waals surface area contributed by atoms with Gasteiger partial charge in [0.15, 0.2) is 4.77 Å². The molecule has 1 aromatic heterocycles. The normalized spacial score (nSPS) is 11.7. The number of halogens is 5. The minimum Gasteiger partial charge on any atom is -0.336 e. The van der Waals surface area contributed by atoms with E-state index in [1.807, 2.05) is 0 Å². The Morgan fingerprint density at radius 2 is 1.71 bits per heavy atom. The first-order valence-electron chi connectivity index (χ1n) is 5.51. The van der Waals surface area contributed by atoms with Gasteiger partial charge >= 0.3 is 6.18 Å². The molecule has 0 radical (unpaired) electrons. The Bertz CT molecular complexity index is 772. The van der Waals surface area contributed by atoms with Crippen LogP contribution in [0.4, 0.5) is 13.2 Å². The summed E-state index contributed by atoms with van der Waals surface area (Å²) >= 11 is 16.7. The monoisotopic (exact) mass is 354 g/mol. The van der Waals surface area contributed by atoms with Gasteiger partial charge in [0, 0.05) is 11.8 Å². The summed E-state index contributed by atoms with van der Waals surface area (Å²) in [7, 11) is 0. The van der Waals surface area contributed by atoms with Gasteiger partial charge in [-0.25, -0.2) is 0 Å². The molecular weight excluding hydrogens is 348 g/mol. The summed E-state index contributed by atoms with van der Waals surface area (Å²) in [6, 6.07) is 2.63. The summed E-state index contributed by atoms with van der Waals surface area (Å²) in [5, 5.41) is -0.638. The number of rotatable bonds is 1. The summed E-state index contributed by atoms with van der Waals surface area (Å²) in [5.74, 6) is 0. The van der Waals surface area contributed by atoms with Crippen LogP contribution in [0.1, 0.15) is 11.3 Å². The Balaban J connectivity index is 2.79. The highest BCUT2D eigenvalue weighted by atomic mass is 35.5. The number of H-pyrrole nitrogens is 1. The van der Waals surface area contributed by atoms with Crippen LogP contribution in [0, 0.1) is 11.7 Å². The molecule has 2 rings (SSSR count). The Morgan fingerprint density at radius 3 is 2.14 bits per heavy atom. The zero-order valence-electron chi connectivity index (χ0n) is 10.4. The molecule has 1 heterocycles. The maximum absolute atomic E-state index is 12.7. The molecule has 0 saturated carbocycles. The van der Waals surface area contributed by atoms with Crippen LogP contribution in [0.25, 0.3) is 5.69 Å². The van der Waals surface area contributed by atoms with E-state index in [4.69, 9.17) is 35.4 Å². The first-order valence-corrected chi connectivity index (χ1v) is 6.67. The standard InChI is InChI=1S/C12H7Cl2F3N2OS/c1-5-2-9(20)19(11(21)18-5)10-7(13)3-6(4-8(10)14)12(15,16)17/h2-4H,1H3,(H,18,21). The second-order valence-electron chi connectivity index (χ2n) is 4.22. The van der Waals surface area contributed by atoms with Crippen LogP contribution in [0.2, 0.25) is 10.0 Å². The van der Waals surface area contributed by atoms with Crippen LogP contribution in [0.15, 0.2) is 23.0 Å². The summed E-state index contributed by atoms with van der Waals surface area (Å²) in [4.78, 5) is 14.7. The van der Waals surface area contributed by atoms with Crippen molar-refractivity contribution in [2.75, 3.05) is 0 Å². The van der Waals surface area contributed by atoms with Crippen molar-refractivity contribution >= 4 is 35.4 Å². The lowest BCUT2D eigenvalue weighted by Gasteiger charge is -2.14. The summed E-state index contributed by atoms with van der Waals surface area (Å²) < 4.78 is 39.0. The molecule has 2 aromatic rings. The van der Waals surface area contributed by atoms with E-state index in [1.54, 1.807) is 6.92 Å². The largest absolute Gasteiger partial charge is 0.416 e. The molecule has 0 fully saturated rings. The van der Waals surface area contributed by atoms with E-state index >= 15 is 0 Å². The second kappa shape index (κ2) is 5.47. The fraction of sp³-hybridized carbons (Fsp3) is 0.167. The highest BCUT2D eigenvalue weighted by Crippen LogP contribution is 2.37. The van der Waals surface area contributed by atoms with Crippen molar-refractivity contribution in [3.8, 4) is 5.69 Å². The Morgan fingerprint density at radius 1 is 1.19 bits per heavy atom. The molecule has 0 unspecified atom stereocenters. The maximum atomic E-state index is 12.7. The zero-order valence-corrected chi connectivity index (χ0v) is 12.7. The number of aromatic nitrogens is 2. The van der Waals surface area contributed by atoms with Gasteiger partial charge in [-0.1, -0.05) is 23.2 Å². The minimum atomic E-state index is -4.59. The average Bonchev–Trinajstić information content (AvgIpc) is 2.29. The third-order valence-corrected chi connectivity index (χ3v) is 3.50. The summed E-state index contributed by atoms with van der Waals surface area (Å²) in [6.45, 7) is 1.62. The smallest absolute Gasteiger partial charge is 0.336 e. The van der Waals surface area contributed by atoms with Gasteiger partial charge in [0.05, 0.1) is 21.3 Å². The van der Waals surface area contributed by atoms with Crippen LogP contribution < -0.4 is 5.56 Å². The topological polar surface area (TPSA) is 37.8 Å². The van der Waals surface area contributed by atoms with Crippen LogP contribution in [-0.4, -0.2) is 9.55 Å². The third-order valence-electron chi connectivity index (χ3n) is 2.64. The highest BCUT2D eigenvalue weighted by Gasteiger charge is 2.32. The molecule has 0 aliphatic carbocycles. The lowest BCUT2D eigenvalue weighted by atomic mass is 10.2. The van der Waals surface area contributed by atoms with Gasteiger partial charge in [-0.05, 0) is 31.3 Å². The van der Waals surface area contributed by atoms with Gasteiger partial charge in [-0.2, -0.15) is 13.2 Å². The van der Waals surface area contributed by atoms with E-state index in [2.05, 4.69) is 4.98 Å². The molecule has 0 bridgehead atoms. The van der Waals surface area contributed by atoms with Crippen LogP contribution in [0.3, 0.4) is 0 Å². The molecule has 1 N–H and O–H groups in total. The van der Waals surface area contributed by atoms with Crippen molar-refractivity contribution in [1.29, 1.82) is 0 Å². The number of nitrogens with zero attached hydrogens (tertiary/aromatic N) is 1. The zero-order chi connectivity index (χ0) is 15.9. The first kappa shape index (κ1) is 16.1. The van der Waals surface area contributed by atoms with E-state index in [1.165, 1.54) is 6.07 Å². The average molecular weight is 355 g/mol. The Labute approximate surface area is 131 Å². The highest BCUT2D eigenvalue weighted by molar-refractivity contribution is 7.71. The molecule has 0 atom stereocenters. The van der Waals surface area contributed by atoms with E-state index < -0.39 is 17.3 Å². The molecule has 112 valence electrons. The fourth-order valence-corrected chi connectivity index (χ4v) is 2.76. The van der Waals surface area contributed by atoms with Gasteiger partial charge in [-0.3, -0.25) is 9.36 Å². The molecule has 0 aliphatic heterocycles. The quantitative estimate of drug-likeness (QED) is 0.764. The van der Waals surface area contributed by atoms with Crippen molar-refractivity contribution < 1.29 is 13.2 Å². The summed E-state index contributed by atoms with van der Waals surface area (Å²) in [5.41, 5.74) is -1.12. The number of benzene rings is 1. The van der Waals surface area contributed by atoms with Crippen molar-refractivity contribution in [2.24, 2.45) is 0 Å². The number of hydrogen-bond acceptors (Lipinski definition) is 2. The first-order chi connectivity index (χ1) is 9.61. The van der Waals surface area contributed by atoms with Crippen molar-refractivity contribution in [3.63, 3.8) is 0 Å². The number of aromatic amines is 1. The number of hydrogen-bond donors (Lipinski definition) is 1. The molecule has 0 amide bonds. The SMILES string of the molecule is Cc1cc(=O)n(-c2c(Cl)cc(C(F)(F)F)cc2Cl)c(=S)[nH]1. The number of nitrogens with one attached hydrogen (secondary N) is 1. The molecule has 0 saturated heterocycles. The second-order valence-corrected chi connectivity index (χ2v) is 5.42. The molecule has 3 nitrogen and oxygen atoms in total. The van der Waals surface area contributed by atoms with Crippen molar-refractivity contribution in [3.05, 3.63) is 54.6 Å². The summed E-state index contributed by atoms with van der Waals surface area (Å²) in [6.07, 6.45) is -4.59. The predicted octanol–water partition coefficient (Wildman–Crippen LogP) is 4.53. The van der Waals surface area contributed by atoms with E-state index in [-0.39, 0.29) is 20.5 Å². The molecule has 0 spiro atoms. The fourth-order valence-electron chi connectivity index (χ4n) is 1.77. The van der Waals surface area contributed by atoms with E-state index in [0.717, 1.165) is 4.57 Å². The lowest BCUT2D eigenvalue weighted by molar-refractivity contribution is -0.137. The van der Waals surface area contributed by atoms with Gasteiger partial charge in [0.2, 0.25) is 0 Å². The van der Waals surface area contributed by atoms with Gasteiger partial charge in [0.1, 0.15) is 0 Å². The van der Waals surface area contributed by atoms with Gasteiger partial charge in [-0.15, -0.1) is 0 Å². The molecule has 1 aromatic carbocycles. The molecule has 0 aliphatic rings. The van der Waals surface area contributed by atoms with Crippen LogP contribution in [-0.2, 0) is 6.18 Å². The van der Waals surface area contributed by atoms with Crippen LogP contribution >= 0.6 is 35.4 Å². The van der Waals surface area contributed by atoms with Gasteiger partial charge < -0.3 is 4.98 Å². The van der Waals surface area contributed by atoms with Crippen LogP contribution in [0.5, 0.6) is 0 Å². The predicted molar refractivity (Wildman–Crippen MR) is 77.0 cm³/mol. The Hall–Kier alpha value is -1.31. The minimum absolute atomic E-state index is 0.0106. The lowest BCUT2D eigenvalue weighted by Crippen LogP contribution is -2.21. The molecule has 21 heavy (non-hydrogen) atoms. The third kappa shape index (κ3) is 3.14. The van der Waals surface area contributed by atoms with Crippen molar-refractivity contribution in [2.45, 2.75) is 13.1 Å². The van der Waals surface area contributed by atoms with Crippen molar-refractivity contribution in [1.82, 2.24) is 9.55 Å².